The number of methoxy groups -OCH3 is 1. The van der Waals surface area contributed by atoms with E-state index in [4.69, 9.17) is 4.74 Å². The molecule has 1 aromatic carbocycles. The van der Waals surface area contributed by atoms with Gasteiger partial charge in [-0.25, -0.2) is 13.9 Å². The van der Waals surface area contributed by atoms with Crippen molar-refractivity contribution < 1.29 is 9.13 Å². The molecule has 0 unspecified atom stereocenters. The van der Waals surface area contributed by atoms with Crippen LogP contribution >= 0.6 is 11.9 Å². The van der Waals surface area contributed by atoms with Gasteiger partial charge in [0.05, 0.1) is 24.4 Å². The Labute approximate surface area is 164 Å². The summed E-state index contributed by atoms with van der Waals surface area (Å²) in [7, 11) is 1.55. The maximum Gasteiger partial charge on any atom is 0.237 e. The molecule has 0 radical (unpaired) electrons. The molecular formula is C20H14FN5OS. The first-order valence-corrected chi connectivity index (χ1v) is 9.10. The maximum atomic E-state index is 13.1. The van der Waals surface area contributed by atoms with Crippen LogP contribution in [-0.2, 0) is 0 Å². The number of rotatable bonds is 5. The fourth-order valence-corrected chi connectivity index (χ4v) is 3.35. The summed E-state index contributed by atoms with van der Waals surface area (Å²) >= 11 is 1.33. The van der Waals surface area contributed by atoms with Crippen molar-refractivity contribution in [2.75, 3.05) is 11.8 Å². The summed E-state index contributed by atoms with van der Waals surface area (Å²) in [6.07, 6.45) is 5.05. The number of pyridine rings is 2. The minimum absolute atomic E-state index is 0.280. The zero-order valence-electron chi connectivity index (χ0n) is 14.8. The standard InChI is InChI=1S/C20H14FN5OS/c1-27-20-18(25-28-17-4-2-16(21)3-5-17)8-14(11-23-20)13-6-7-26-19(9-13)15(10-22)12-24-26/h2-9,11-12,25H,1H3. The van der Waals surface area contributed by atoms with Gasteiger partial charge in [-0.15, -0.1) is 0 Å². The fourth-order valence-electron chi connectivity index (χ4n) is 2.71. The first-order valence-electron chi connectivity index (χ1n) is 8.28. The van der Waals surface area contributed by atoms with Crippen LogP contribution < -0.4 is 9.46 Å². The quantitative estimate of drug-likeness (QED) is 0.504. The molecule has 0 amide bonds. The molecule has 3 aromatic heterocycles. The average molecular weight is 391 g/mol. The number of anilines is 1. The Bertz CT molecular complexity index is 1180. The summed E-state index contributed by atoms with van der Waals surface area (Å²) in [6, 6.07) is 14.0. The second kappa shape index (κ2) is 7.58. The average Bonchev–Trinajstić information content (AvgIpc) is 3.15. The molecule has 0 fully saturated rings. The van der Waals surface area contributed by atoms with Gasteiger partial charge in [-0.05, 0) is 60.0 Å². The summed E-state index contributed by atoms with van der Waals surface area (Å²) in [5, 5.41) is 13.4. The monoisotopic (exact) mass is 391 g/mol. The van der Waals surface area contributed by atoms with E-state index < -0.39 is 0 Å². The van der Waals surface area contributed by atoms with Gasteiger partial charge >= 0.3 is 0 Å². The van der Waals surface area contributed by atoms with Crippen molar-refractivity contribution in [2.45, 2.75) is 4.90 Å². The van der Waals surface area contributed by atoms with Crippen molar-refractivity contribution in [3.8, 4) is 23.1 Å². The zero-order valence-corrected chi connectivity index (χ0v) is 15.6. The molecule has 6 nitrogen and oxygen atoms in total. The van der Waals surface area contributed by atoms with Crippen LogP contribution in [0.4, 0.5) is 10.1 Å². The van der Waals surface area contributed by atoms with Crippen LogP contribution in [0.25, 0.3) is 16.6 Å². The smallest absolute Gasteiger partial charge is 0.237 e. The fraction of sp³-hybridized carbons (Fsp3) is 0.0500. The molecule has 0 aliphatic carbocycles. The predicted octanol–water partition coefficient (Wildman–Crippen LogP) is 4.53. The van der Waals surface area contributed by atoms with Gasteiger partial charge in [-0.1, -0.05) is 0 Å². The second-order valence-corrected chi connectivity index (χ2v) is 6.73. The molecule has 138 valence electrons. The van der Waals surface area contributed by atoms with Gasteiger partial charge in [0.25, 0.3) is 0 Å². The Balaban J connectivity index is 1.66. The molecule has 0 saturated carbocycles. The van der Waals surface area contributed by atoms with Gasteiger partial charge in [-0.3, -0.25) is 0 Å². The number of nitrogens with zero attached hydrogens (tertiary/aromatic N) is 4. The highest BCUT2D eigenvalue weighted by molar-refractivity contribution is 8.00. The van der Waals surface area contributed by atoms with Crippen LogP contribution in [0.15, 0.2) is 66.0 Å². The van der Waals surface area contributed by atoms with Crippen molar-refractivity contribution in [3.05, 3.63) is 72.4 Å². The van der Waals surface area contributed by atoms with Crippen molar-refractivity contribution in [2.24, 2.45) is 0 Å². The molecular weight excluding hydrogens is 377 g/mol. The predicted molar refractivity (Wildman–Crippen MR) is 106 cm³/mol. The summed E-state index contributed by atoms with van der Waals surface area (Å²) in [5.41, 5.74) is 3.67. The van der Waals surface area contributed by atoms with Crippen LogP contribution in [-0.4, -0.2) is 21.7 Å². The van der Waals surface area contributed by atoms with E-state index >= 15 is 0 Å². The van der Waals surface area contributed by atoms with Crippen LogP contribution in [0.2, 0.25) is 0 Å². The number of aromatic nitrogens is 3. The van der Waals surface area contributed by atoms with Crippen molar-refractivity contribution in [3.63, 3.8) is 0 Å². The third kappa shape index (κ3) is 3.48. The molecule has 28 heavy (non-hydrogen) atoms. The van der Waals surface area contributed by atoms with E-state index in [1.807, 2.05) is 18.2 Å². The summed E-state index contributed by atoms with van der Waals surface area (Å²) in [5.74, 6) is 0.166. The molecule has 0 aliphatic heterocycles. The van der Waals surface area contributed by atoms with Gasteiger partial charge < -0.3 is 9.46 Å². The summed E-state index contributed by atoms with van der Waals surface area (Å²) in [4.78, 5) is 5.22. The number of hydrogen-bond donors (Lipinski definition) is 1. The number of nitrogens with one attached hydrogen (secondary N) is 1. The van der Waals surface area contributed by atoms with Crippen LogP contribution in [0.3, 0.4) is 0 Å². The van der Waals surface area contributed by atoms with E-state index in [1.54, 1.807) is 36.2 Å². The van der Waals surface area contributed by atoms with Crippen LogP contribution in [0.1, 0.15) is 5.56 Å². The second-order valence-electron chi connectivity index (χ2n) is 5.85. The van der Waals surface area contributed by atoms with E-state index in [0.29, 0.717) is 17.1 Å². The SMILES string of the molecule is COc1ncc(-c2ccn3ncc(C#N)c3c2)cc1NSc1ccc(F)cc1. The Morgan fingerprint density at radius 2 is 1.96 bits per heavy atom. The van der Waals surface area contributed by atoms with E-state index in [2.05, 4.69) is 20.9 Å². The molecule has 1 N–H and O–H groups in total. The molecule has 0 aliphatic rings. The molecule has 0 saturated heterocycles. The highest BCUT2D eigenvalue weighted by Gasteiger charge is 2.10. The highest BCUT2D eigenvalue weighted by atomic mass is 32.2. The van der Waals surface area contributed by atoms with E-state index in [0.717, 1.165) is 21.5 Å². The Hall–Kier alpha value is -3.57. The Kier molecular flexibility index (Phi) is 4.83. The molecule has 4 rings (SSSR count). The number of benzene rings is 1. The largest absolute Gasteiger partial charge is 0.480 e. The normalized spacial score (nSPS) is 10.6. The molecule has 0 bridgehead atoms. The van der Waals surface area contributed by atoms with Gasteiger partial charge in [0.15, 0.2) is 0 Å². The number of nitriles is 1. The number of fused-ring (bicyclic) bond motifs is 1. The number of halogens is 1. The van der Waals surface area contributed by atoms with Crippen LogP contribution in [0, 0.1) is 17.1 Å². The zero-order chi connectivity index (χ0) is 19.5. The number of hydrogen-bond acceptors (Lipinski definition) is 6. The molecule has 3 heterocycles. The number of ether oxygens (including phenoxy) is 1. The van der Waals surface area contributed by atoms with Gasteiger partial charge in [0.1, 0.15) is 17.6 Å². The minimum atomic E-state index is -0.280. The summed E-state index contributed by atoms with van der Waals surface area (Å²) in [6.45, 7) is 0. The van der Waals surface area contributed by atoms with Gasteiger partial charge in [0.2, 0.25) is 5.88 Å². The lowest BCUT2D eigenvalue weighted by molar-refractivity contribution is 0.400. The third-order valence-corrected chi connectivity index (χ3v) is 4.94. The lowest BCUT2D eigenvalue weighted by atomic mass is 10.1. The maximum absolute atomic E-state index is 13.1. The third-order valence-electron chi connectivity index (χ3n) is 4.11. The van der Waals surface area contributed by atoms with E-state index in [1.165, 1.54) is 30.3 Å². The van der Waals surface area contributed by atoms with Crippen LogP contribution in [0.5, 0.6) is 5.88 Å². The van der Waals surface area contributed by atoms with E-state index in [9.17, 15) is 9.65 Å². The lowest BCUT2D eigenvalue weighted by Gasteiger charge is -2.12. The topological polar surface area (TPSA) is 75.2 Å². The highest BCUT2D eigenvalue weighted by Crippen LogP contribution is 2.32. The minimum Gasteiger partial charge on any atom is -0.480 e. The molecule has 0 atom stereocenters. The summed E-state index contributed by atoms with van der Waals surface area (Å²) < 4.78 is 23.3. The van der Waals surface area contributed by atoms with Crippen molar-refractivity contribution >= 4 is 23.2 Å². The first-order chi connectivity index (χ1) is 13.7. The first kappa shape index (κ1) is 17.8. The van der Waals surface area contributed by atoms with Crippen molar-refractivity contribution in [1.82, 2.24) is 14.6 Å². The molecule has 0 spiro atoms. The molecule has 4 aromatic rings. The Morgan fingerprint density at radius 3 is 2.71 bits per heavy atom. The van der Waals surface area contributed by atoms with Gasteiger partial charge in [-0.2, -0.15) is 10.4 Å². The van der Waals surface area contributed by atoms with Crippen molar-refractivity contribution in [1.29, 1.82) is 5.26 Å². The molecule has 8 heteroatoms. The van der Waals surface area contributed by atoms with Gasteiger partial charge in [0, 0.05) is 22.9 Å². The lowest BCUT2D eigenvalue weighted by Crippen LogP contribution is -1.96. The Morgan fingerprint density at radius 1 is 1.14 bits per heavy atom. The van der Waals surface area contributed by atoms with E-state index in [-0.39, 0.29) is 5.82 Å².